The summed E-state index contributed by atoms with van der Waals surface area (Å²) < 4.78 is 18.4. The van der Waals surface area contributed by atoms with Gasteiger partial charge in [0.1, 0.15) is 11.1 Å². The van der Waals surface area contributed by atoms with E-state index in [2.05, 4.69) is 10.3 Å². The van der Waals surface area contributed by atoms with E-state index in [1.54, 1.807) is 4.90 Å². The number of hydrogen-bond donors (Lipinski definition) is 1. The molecule has 1 N–H and O–H groups in total. The summed E-state index contributed by atoms with van der Waals surface area (Å²) in [4.78, 5) is 31.6. The van der Waals surface area contributed by atoms with E-state index in [4.69, 9.17) is 4.74 Å². The smallest absolute Gasteiger partial charge is 0.242 e. The Morgan fingerprint density at radius 3 is 2.63 bits per heavy atom. The number of amides is 2. The van der Waals surface area contributed by atoms with E-state index in [-0.39, 0.29) is 24.1 Å². The Bertz CT molecular complexity index is 890. The number of amidine groups is 1. The first kappa shape index (κ1) is 22.0. The number of aliphatic imine (C=N–C) groups is 1. The summed E-state index contributed by atoms with van der Waals surface area (Å²) in [7, 11) is 0. The van der Waals surface area contributed by atoms with Crippen LogP contribution in [-0.4, -0.2) is 46.9 Å². The van der Waals surface area contributed by atoms with Crippen LogP contribution in [0.5, 0.6) is 0 Å². The average molecular weight is 430 g/mol. The second-order valence-electron chi connectivity index (χ2n) is 6.64. The number of halogens is 1. The molecule has 0 aromatic heterocycles. The molecule has 0 aliphatic carbocycles. The third kappa shape index (κ3) is 6.14. The highest BCUT2D eigenvalue weighted by Crippen LogP contribution is 2.32. The van der Waals surface area contributed by atoms with Crippen LogP contribution in [0.2, 0.25) is 0 Å². The standard InChI is InChI=1S/C22H24FN3O3S/c1-2-29-14-6-13-26-21(28)19(30-22(26)25-17-7-4-3-5-8-17)15-20(27)24-18-11-9-16(23)10-12-18/h3-5,7-12,19H,2,6,13-15H2,1H3,(H,24,27). The van der Waals surface area contributed by atoms with E-state index in [1.807, 2.05) is 37.3 Å². The monoisotopic (exact) mass is 429 g/mol. The summed E-state index contributed by atoms with van der Waals surface area (Å²) in [5.41, 5.74) is 1.24. The van der Waals surface area contributed by atoms with Crippen LogP contribution in [0.4, 0.5) is 15.8 Å². The van der Waals surface area contributed by atoms with Gasteiger partial charge in [-0.3, -0.25) is 14.5 Å². The maximum Gasteiger partial charge on any atom is 0.242 e. The number of ether oxygens (including phenoxy) is 1. The van der Waals surface area contributed by atoms with Crippen molar-refractivity contribution in [2.75, 3.05) is 25.1 Å². The highest BCUT2D eigenvalue weighted by Gasteiger charge is 2.38. The highest BCUT2D eigenvalue weighted by atomic mass is 32.2. The van der Waals surface area contributed by atoms with Gasteiger partial charge in [0.05, 0.1) is 5.69 Å². The van der Waals surface area contributed by atoms with Crippen LogP contribution < -0.4 is 5.32 Å². The maximum absolute atomic E-state index is 13.0. The molecule has 1 aliphatic rings. The van der Waals surface area contributed by atoms with Gasteiger partial charge in [-0.2, -0.15) is 0 Å². The number of benzene rings is 2. The minimum Gasteiger partial charge on any atom is -0.382 e. The third-order valence-corrected chi connectivity index (χ3v) is 5.55. The van der Waals surface area contributed by atoms with Crippen molar-refractivity contribution in [3.8, 4) is 0 Å². The van der Waals surface area contributed by atoms with E-state index in [9.17, 15) is 14.0 Å². The lowest BCUT2D eigenvalue weighted by atomic mass is 10.2. The van der Waals surface area contributed by atoms with Crippen molar-refractivity contribution >= 4 is 40.1 Å². The molecule has 158 valence electrons. The number of para-hydroxylation sites is 1. The number of rotatable bonds is 9. The minimum atomic E-state index is -0.556. The molecule has 0 bridgehead atoms. The largest absolute Gasteiger partial charge is 0.382 e. The Balaban J connectivity index is 1.68. The quantitative estimate of drug-likeness (QED) is 0.606. The Kier molecular flexibility index (Phi) is 7.98. The number of carbonyl (C=O) groups excluding carboxylic acids is 2. The Hall–Kier alpha value is -2.71. The minimum absolute atomic E-state index is 0.0106. The molecular formula is C22H24FN3O3S. The van der Waals surface area contributed by atoms with Crippen LogP contribution in [0.25, 0.3) is 0 Å². The number of hydrogen-bond acceptors (Lipinski definition) is 5. The number of nitrogens with one attached hydrogen (secondary N) is 1. The van der Waals surface area contributed by atoms with Gasteiger partial charge in [-0.05, 0) is 49.7 Å². The zero-order chi connectivity index (χ0) is 21.3. The Morgan fingerprint density at radius 1 is 1.20 bits per heavy atom. The fraction of sp³-hybridized carbons (Fsp3) is 0.318. The SMILES string of the molecule is CCOCCCN1C(=O)C(CC(=O)Nc2ccc(F)cc2)SC1=Nc1ccccc1. The first-order chi connectivity index (χ1) is 14.6. The van der Waals surface area contributed by atoms with Crippen LogP contribution in [0.15, 0.2) is 59.6 Å². The van der Waals surface area contributed by atoms with Gasteiger partial charge in [0.15, 0.2) is 5.17 Å². The molecule has 3 rings (SSSR count). The van der Waals surface area contributed by atoms with Gasteiger partial charge >= 0.3 is 0 Å². The van der Waals surface area contributed by atoms with E-state index in [1.165, 1.54) is 36.0 Å². The first-order valence-corrected chi connectivity index (χ1v) is 10.7. The highest BCUT2D eigenvalue weighted by molar-refractivity contribution is 8.15. The molecule has 6 nitrogen and oxygen atoms in total. The summed E-state index contributed by atoms with van der Waals surface area (Å²) in [5, 5.41) is 2.74. The molecule has 0 radical (unpaired) electrons. The number of thioether (sulfide) groups is 1. The van der Waals surface area contributed by atoms with Crippen LogP contribution in [0.1, 0.15) is 19.8 Å². The molecule has 0 saturated carbocycles. The summed E-state index contributed by atoms with van der Waals surface area (Å²) >= 11 is 1.29. The van der Waals surface area contributed by atoms with Crippen molar-refractivity contribution in [3.05, 3.63) is 60.4 Å². The fourth-order valence-corrected chi connectivity index (χ4v) is 4.11. The summed E-state index contributed by atoms with van der Waals surface area (Å²) in [6.07, 6.45) is 0.694. The molecule has 1 fully saturated rings. The van der Waals surface area contributed by atoms with E-state index in [0.717, 1.165) is 5.69 Å². The molecule has 1 unspecified atom stereocenters. The molecule has 2 aromatic rings. The van der Waals surface area contributed by atoms with Gasteiger partial charge in [-0.25, -0.2) is 9.38 Å². The lowest BCUT2D eigenvalue weighted by molar-refractivity contribution is -0.128. The molecule has 2 amide bonds. The molecular weight excluding hydrogens is 405 g/mol. The Labute approximate surface area is 179 Å². The van der Waals surface area contributed by atoms with Crippen molar-refractivity contribution in [1.29, 1.82) is 0 Å². The number of anilines is 1. The van der Waals surface area contributed by atoms with E-state index in [0.29, 0.717) is 37.0 Å². The predicted octanol–water partition coefficient (Wildman–Crippen LogP) is 4.21. The second kappa shape index (κ2) is 10.9. The van der Waals surface area contributed by atoms with E-state index < -0.39 is 5.25 Å². The molecule has 1 atom stereocenters. The van der Waals surface area contributed by atoms with Gasteiger partial charge in [0.2, 0.25) is 11.8 Å². The summed E-state index contributed by atoms with van der Waals surface area (Å²) in [6, 6.07) is 14.9. The number of nitrogens with zero attached hydrogens (tertiary/aromatic N) is 2. The lowest BCUT2D eigenvalue weighted by Gasteiger charge is -2.16. The average Bonchev–Trinajstić information content (AvgIpc) is 3.02. The molecule has 0 spiro atoms. The zero-order valence-corrected chi connectivity index (χ0v) is 17.5. The fourth-order valence-electron chi connectivity index (χ4n) is 2.93. The third-order valence-electron chi connectivity index (χ3n) is 4.37. The van der Waals surface area contributed by atoms with Gasteiger partial charge in [0.25, 0.3) is 0 Å². The Morgan fingerprint density at radius 2 is 1.93 bits per heavy atom. The van der Waals surface area contributed by atoms with Crippen LogP contribution in [0.3, 0.4) is 0 Å². The van der Waals surface area contributed by atoms with Crippen LogP contribution in [0, 0.1) is 5.82 Å². The summed E-state index contributed by atoms with van der Waals surface area (Å²) in [5.74, 6) is -0.817. The molecule has 1 aliphatic heterocycles. The van der Waals surface area contributed by atoms with Crippen molar-refractivity contribution < 1.29 is 18.7 Å². The molecule has 2 aromatic carbocycles. The predicted molar refractivity (Wildman–Crippen MR) is 117 cm³/mol. The van der Waals surface area contributed by atoms with Crippen molar-refractivity contribution in [3.63, 3.8) is 0 Å². The molecule has 1 saturated heterocycles. The van der Waals surface area contributed by atoms with E-state index >= 15 is 0 Å². The first-order valence-electron chi connectivity index (χ1n) is 9.81. The van der Waals surface area contributed by atoms with Crippen molar-refractivity contribution in [2.24, 2.45) is 4.99 Å². The molecule has 8 heteroatoms. The van der Waals surface area contributed by atoms with Crippen molar-refractivity contribution in [2.45, 2.75) is 25.0 Å². The normalized spacial score (nSPS) is 17.5. The maximum atomic E-state index is 13.0. The van der Waals surface area contributed by atoms with Gasteiger partial charge < -0.3 is 10.1 Å². The van der Waals surface area contributed by atoms with Crippen LogP contribution in [-0.2, 0) is 14.3 Å². The van der Waals surface area contributed by atoms with Gasteiger partial charge in [0, 0.05) is 31.9 Å². The topological polar surface area (TPSA) is 71.0 Å². The van der Waals surface area contributed by atoms with Gasteiger partial charge in [-0.1, -0.05) is 30.0 Å². The second-order valence-corrected chi connectivity index (χ2v) is 7.81. The lowest BCUT2D eigenvalue weighted by Crippen LogP contribution is -2.34. The van der Waals surface area contributed by atoms with Crippen molar-refractivity contribution in [1.82, 2.24) is 4.90 Å². The van der Waals surface area contributed by atoms with Gasteiger partial charge in [-0.15, -0.1) is 0 Å². The van der Waals surface area contributed by atoms with Crippen LogP contribution >= 0.6 is 11.8 Å². The summed E-state index contributed by atoms with van der Waals surface area (Å²) in [6.45, 7) is 3.58. The zero-order valence-electron chi connectivity index (χ0n) is 16.7. The molecule has 30 heavy (non-hydrogen) atoms. The molecule has 1 heterocycles. The number of carbonyl (C=O) groups is 2.